The zero-order chi connectivity index (χ0) is 15.3. The third-order valence-electron chi connectivity index (χ3n) is 5.10. The van der Waals surface area contributed by atoms with Gasteiger partial charge in [-0.05, 0) is 46.5 Å². The highest BCUT2D eigenvalue weighted by Gasteiger charge is 2.53. The van der Waals surface area contributed by atoms with E-state index in [0.717, 1.165) is 6.42 Å². The van der Waals surface area contributed by atoms with Crippen LogP contribution in [0.15, 0.2) is 0 Å². The van der Waals surface area contributed by atoms with E-state index in [9.17, 15) is 14.8 Å². The molecule has 2 amide bonds. The predicted octanol–water partition coefficient (Wildman–Crippen LogP) is 2.04. The maximum Gasteiger partial charge on any atom is 0.232 e. The van der Waals surface area contributed by atoms with Crippen LogP contribution in [0.1, 0.15) is 53.9 Å². The Labute approximate surface area is 120 Å². The summed E-state index contributed by atoms with van der Waals surface area (Å²) in [6.07, 6.45) is 1.83. The minimum absolute atomic E-state index is 0.0394. The van der Waals surface area contributed by atoms with Crippen molar-refractivity contribution < 1.29 is 14.8 Å². The second kappa shape index (κ2) is 4.81. The molecule has 0 saturated carbocycles. The van der Waals surface area contributed by atoms with Gasteiger partial charge in [-0.2, -0.15) is 5.06 Å². The van der Waals surface area contributed by atoms with E-state index < -0.39 is 5.54 Å². The van der Waals surface area contributed by atoms with Gasteiger partial charge in [0, 0.05) is 30.0 Å². The summed E-state index contributed by atoms with van der Waals surface area (Å²) >= 11 is 0. The number of carbonyl (C=O) groups excluding carboxylic acids is 2. The van der Waals surface area contributed by atoms with Crippen LogP contribution >= 0.6 is 0 Å². The summed E-state index contributed by atoms with van der Waals surface area (Å²) in [7, 11) is 0. The zero-order valence-electron chi connectivity index (χ0n) is 13.1. The van der Waals surface area contributed by atoms with Crippen molar-refractivity contribution in [2.45, 2.75) is 65.0 Å². The first kappa shape index (κ1) is 15.4. The molecule has 0 aromatic carbocycles. The molecule has 2 heterocycles. The van der Waals surface area contributed by atoms with E-state index in [0.29, 0.717) is 19.4 Å². The summed E-state index contributed by atoms with van der Waals surface area (Å²) in [6.45, 7) is 10.3. The van der Waals surface area contributed by atoms with Crippen molar-refractivity contribution in [1.82, 2.24) is 9.96 Å². The molecule has 2 fully saturated rings. The normalized spacial score (nSPS) is 33.2. The first-order valence-corrected chi connectivity index (χ1v) is 7.44. The van der Waals surface area contributed by atoms with E-state index in [1.165, 1.54) is 9.96 Å². The number of rotatable bonds is 3. The molecule has 0 aromatic rings. The fraction of sp³-hybridized carbons (Fsp3) is 0.867. The second-order valence-corrected chi connectivity index (χ2v) is 7.33. The van der Waals surface area contributed by atoms with Gasteiger partial charge >= 0.3 is 0 Å². The highest BCUT2D eigenvalue weighted by molar-refractivity contribution is 6.03. The van der Waals surface area contributed by atoms with Crippen molar-refractivity contribution in [1.29, 1.82) is 0 Å². The zero-order valence-corrected chi connectivity index (χ0v) is 13.1. The molecule has 0 aliphatic carbocycles. The molecule has 2 unspecified atom stereocenters. The Bertz CT molecular complexity index is 431. The second-order valence-electron chi connectivity index (χ2n) is 7.33. The van der Waals surface area contributed by atoms with Crippen LogP contribution < -0.4 is 0 Å². The Morgan fingerprint density at radius 3 is 2.25 bits per heavy atom. The number of hydrogen-bond acceptors (Lipinski definition) is 4. The van der Waals surface area contributed by atoms with Crippen molar-refractivity contribution in [3.8, 4) is 0 Å². The molecule has 5 heteroatoms. The number of nitrogens with zero attached hydrogens (tertiary/aromatic N) is 2. The van der Waals surface area contributed by atoms with E-state index >= 15 is 0 Å². The largest absolute Gasteiger partial charge is 0.313 e. The lowest BCUT2D eigenvalue weighted by Gasteiger charge is -2.36. The van der Waals surface area contributed by atoms with Crippen molar-refractivity contribution in [3.63, 3.8) is 0 Å². The summed E-state index contributed by atoms with van der Waals surface area (Å²) in [4.78, 5) is 25.7. The maximum absolute atomic E-state index is 12.2. The van der Waals surface area contributed by atoms with Gasteiger partial charge < -0.3 is 5.21 Å². The average molecular weight is 282 g/mol. The molecule has 0 spiro atoms. The Kier molecular flexibility index (Phi) is 3.71. The van der Waals surface area contributed by atoms with Gasteiger partial charge in [0.1, 0.15) is 0 Å². The lowest BCUT2D eigenvalue weighted by Crippen LogP contribution is -2.49. The van der Waals surface area contributed by atoms with E-state index in [-0.39, 0.29) is 29.2 Å². The SMILES string of the molecule is CCC1CC(=O)N(CC2CC(C)(C)N(O)C2(C)C)C1=O. The van der Waals surface area contributed by atoms with Gasteiger partial charge in [0.25, 0.3) is 0 Å². The Hall–Kier alpha value is -0.940. The molecule has 20 heavy (non-hydrogen) atoms. The third-order valence-corrected chi connectivity index (χ3v) is 5.10. The summed E-state index contributed by atoms with van der Waals surface area (Å²) in [6, 6.07) is 0. The molecular weight excluding hydrogens is 256 g/mol. The van der Waals surface area contributed by atoms with E-state index in [1.54, 1.807) is 0 Å². The van der Waals surface area contributed by atoms with Gasteiger partial charge in [0.2, 0.25) is 11.8 Å². The fourth-order valence-corrected chi connectivity index (χ4v) is 3.66. The van der Waals surface area contributed by atoms with Gasteiger partial charge in [0.05, 0.1) is 0 Å². The molecule has 0 bridgehead atoms. The van der Waals surface area contributed by atoms with Crippen LogP contribution in [0.3, 0.4) is 0 Å². The fourth-order valence-electron chi connectivity index (χ4n) is 3.66. The van der Waals surface area contributed by atoms with Gasteiger partial charge in [-0.1, -0.05) is 6.92 Å². The van der Waals surface area contributed by atoms with Gasteiger partial charge in [-0.3, -0.25) is 14.5 Å². The van der Waals surface area contributed by atoms with Crippen LogP contribution in [0, 0.1) is 11.8 Å². The molecule has 2 saturated heterocycles. The van der Waals surface area contributed by atoms with Gasteiger partial charge in [-0.25, -0.2) is 0 Å². The molecule has 2 aliphatic rings. The highest BCUT2D eigenvalue weighted by Crippen LogP contribution is 2.44. The van der Waals surface area contributed by atoms with Crippen LogP contribution in [-0.2, 0) is 9.59 Å². The van der Waals surface area contributed by atoms with Crippen LogP contribution in [0.2, 0.25) is 0 Å². The first-order valence-electron chi connectivity index (χ1n) is 7.44. The van der Waals surface area contributed by atoms with E-state index in [1.807, 2.05) is 34.6 Å². The van der Waals surface area contributed by atoms with Crippen molar-refractivity contribution >= 4 is 11.8 Å². The highest BCUT2D eigenvalue weighted by atomic mass is 16.5. The summed E-state index contributed by atoms with van der Waals surface area (Å²) in [5, 5.41) is 11.7. The van der Waals surface area contributed by atoms with E-state index in [2.05, 4.69) is 0 Å². The van der Waals surface area contributed by atoms with Gasteiger partial charge in [0.15, 0.2) is 0 Å². The topological polar surface area (TPSA) is 60.9 Å². The molecule has 1 N–H and O–H groups in total. The van der Waals surface area contributed by atoms with Crippen LogP contribution in [0.25, 0.3) is 0 Å². The number of amides is 2. The molecular formula is C15H26N2O3. The Morgan fingerprint density at radius 1 is 1.25 bits per heavy atom. The quantitative estimate of drug-likeness (QED) is 0.805. The first-order chi connectivity index (χ1) is 9.11. The lowest BCUT2D eigenvalue weighted by atomic mass is 9.86. The summed E-state index contributed by atoms with van der Waals surface area (Å²) < 4.78 is 0. The molecule has 2 rings (SSSR count). The molecule has 5 nitrogen and oxygen atoms in total. The molecule has 0 aromatic heterocycles. The van der Waals surface area contributed by atoms with Crippen molar-refractivity contribution in [2.24, 2.45) is 11.8 Å². The Morgan fingerprint density at radius 2 is 1.85 bits per heavy atom. The van der Waals surface area contributed by atoms with Crippen LogP contribution in [-0.4, -0.2) is 44.6 Å². The van der Waals surface area contributed by atoms with Crippen LogP contribution in [0.4, 0.5) is 0 Å². The van der Waals surface area contributed by atoms with Crippen LogP contribution in [0.5, 0.6) is 0 Å². The average Bonchev–Trinajstić information content (AvgIpc) is 2.70. The van der Waals surface area contributed by atoms with Gasteiger partial charge in [-0.15, -0.1) is 0 Å². The van der Waals surface area contributed by atoms with Crippen molar-refractivity contribution in [3.05, 3.63) is 0 Å². The minimum Gasteiger partial charge on any atom is -0.313 e. The number of likely N-dealkylation sites (tertiary alicyclic amines) is 1. The van der Waals surface area contributed by atoms with E-state index in [4.69, 9.17) is 0 Å². The number of imide groups is 1. The number of hydrogen-bond donors (Lipinski definition) is 1. The molecule has 2 aliphatic heterocycles. The number of carbonyl (C=O) groups is 2. The molecule has 2 atom stereocenters. The summed E-state index contributed by atoms with van der Waals surface area (Å²) in [5.74, 6) is -0.161. The number of hydroxylamine groups is 2. The Balaban J connectivity index is 2.15. The monoisotopic (exact) mass is 282 g/mol. The maximum atomic E-state index is 12.2. The van der Waals surface area contributed by atoms with Crippen molar-refractivity contribution in [2.75, 3.05) is 6.54 Å². The minimum atomic E-state index is -0.436. The standard InChI is InChI=1S/C15H26N2O3/c1-6-10-7-12(18)16(13(10)19)9-11-8-14(2,3)17(20)15(11,4)5/h10-11,20H,6-9H2,1-5H3. The lowest BCUT2D eigenvalue weighted by molar-refractivity contribution is -0.197. The molecule has 0 radical (unpaired) electrons. The predicted molar refractivity (Wildman–Crippen MR) is 75.0 cm³/mol. The summed E-state index contributed by atoms with van der Waals surface area (Å²) in [5.41, 5.74) is -0.765. The third kappa shape index (κ3) is 2.27. The molecule has 114 valence electrons. The smallest absolute Gasteiger partial charge is 0.232 e.